The molecule has 0 saturated heterocycles. The summed E-state index contributed by atoms with van der Waals surface area (Å²) in [4.78, 5) is 26.2. The van der Waals surface area contributed by atoms with Crippen molar-refractivity contribution in [3.05, 3.63) is 41.0 Å². The van der Waals surface area contributed by atoms with Crippen LogP contribution in [0.15, 0.2) is 24.3 Å². The number of rotatable bonds is 6. The van der Waals surface area contributed by atoms with Crippen LogP contribution in [0.5, 0.6) is 0 Å². The van der Waals surface area contributed by atoms with E-state index in [1.807, 2.05) is 23.9 Å². The zero-order chi connectivity index (χ0) is 20.2. The van der Waals surface area contributed by atoms with E-state index in [-0.39, 0.29) is 11.9 Å². The number of methoxy groups -OCH3 is 1. The van der Waals surface area contributed by atoms with E-state index in [9.17, 15) is 9.59 Å². The van der Waals surface area contributed by atoms with E-state index < -0.39 is 0 Å². The van der Waals surface area contributed by atoms with Crippen LogP contribution in [0.2, 0.25) is 0 Å². The van der Waals surface area contributed by atoms with E-state index in [0.29, 0.717) is 22.2 Å². The van der Waals surface area contributed by atoms with Crippen molar-refractivity contribution < 1.29 is 14.3 Å². The Morgan fingerprint density at radius 1 is 1.17 bits per heavy atom. The van der Waals surface area contributed by atoms with Gasteiger partial charge in [-0.1, -0.05) is 43.5 Å². The number of fused-ring (bicyclic) bond motifs is 3. The number of thioether (sulfide) groups is 1. The van der Waals surface area contributed by atoms with Crippen LogP contribution < -0.4 is 5.32 Å². The molecule has 29 heavy (non-hydrogen) atoms. The number of anilines is 1. The Morgan fingerprint density at radius 3 is 2.76 bits per heavy atom. The summed E-state index contributed by atoms with van der Waals surface area (Å²) in [5, 5.41) is 4.35. The summed E-state index contributed by atoms with van der Waals surface area (Å²) in [5.74, 6) is 0.442. The first-order valence-electron chi connectivity index (χ1n) is 10.4. The summed E-state index contributed by atoms with van der Waals surface area (Å²) in [6.45, 7) is 0. The molecule has 6 heteroatoms. The van der Waals surface area contributed by atoms with E-state index in [4.69, 9.17) is 4.74 Å². The van der Waals surface area contributed by atoms with E-state index >= 15 is 0 Å². The van der Waals surface area contributed by atoms with Gasteiger partial charge in [-0.15, -0.1) is 11.3 Å². The first kappa shape index (κ1) is 20.5. The van der Waals surface area contributed by atoms with Gasteiger partial charge >= 0.3 is 5.97 Å². The van der Waals surface area contributed by atoms with Crippen molar-refractivity contribution in [2.45, 2.75) is 56.6 Å². The first-order valence-corrected chi connectivity index (χ1v) is 12.3. The largest absolute Gasteiger partial charge is 0.465 e. The molecule has 1 fully saturated rings. The Balaban J connectivity index is 1.49. The third kappa shape index (κ3) is 4.53. The number of thiophene rings is 1. The Kier molecular flexibility index (Phi) is 6.60. The van der Waals surface area contributed by atoms with Crippen LogP contribution in [-0.4, -0.2) is 30.0 Å². The number of carbonyl (C=O) groups is 2. The van der Waals surface area contributed by atoms with Gasteiger partial charge in [0.1, 0.15) is 5.00 Å². The third-order valence-electron chi connectivity index (χ3n) is 5.79. The van der Waals surface area contributed by atoms with Gasteiger partial charge in [0.05, 0.1) is 12.7 Å². The van der Waals surface area contributed by atoms with E-state index in [0.717, 1.165) is 34.6 Å². The van der Waals surface area contributed by atoms with Crippen molar-refractivity contribution in [3.63, 3.8) is 0 Å². The van der Waals surface area contributed by atoms with E-state index in [1.165, 1.54) is 56.1 Å². The predicted octanol–water partition coefficient (Wildman–Crippen LogP) is 5.69. The van der Waals surface area contributed by atoms with Gasteiger partial charge < -0.3 is 10.1 Å². The number of hydrogen-bond donors (Lipinski definition) is 1. The van der Waals surface area contributed by atoms with Crippen LogP contribution in [0.3, 0.4) is 0 Å². The molecule has 2 aliphatic rings. The average Bonchev–Trinajstić information content (AvgIpc) is 3.12. The molecule has 0 aliphatic heterocycles. The van der Waals surface area contributed by atoms with Crippen molar-refractivity contribution in [1.82, 2.24) is 0 Å². The minimum Gasteiger partial charge on any atom is -0.465 e. The molecule has 1 aromatic heterocycles. The molecule has 0 bridgehead atoms. The Labute approximate surface area is 180 Å². The van der Waals surface area contributed by atoms with E-state index in [1.54, 1.807) is 0 Å². The number of benzene rings is 1. The summed E-state index contributed by atoms with van der Waals surface area (Å²) in [6.07, 6.45) is 8.69. The van der Waals surface area contributed by atoms with Crippen LogP contribution in [0, 0.1) is 0 Å². The Bertz CT molecular complexity index is 900. The molecule has 1 N–H and O–H groups in total. The first-order chi connectivity index (χ1) is 14.2. The van der Waals surface area contributed by atoms with Gasteiger partial charge in [-0.05, 0) is 42.4 Å². The number of aryl methyl sites for hydroxylation is 1. The summed E-state index contributed by atoms with van der Waals surface area (Å²) in [7, 11) is 1.40. The summed E-state index contributed by atoms with van der Waals surface area (Å²) in [6, 6.07) is 8.30. The molecule has 0 spiro atoms. The second-order valence-electron chi connectivity index (χ2n) is 7.69. The maximum atomic E-state index is 12.6. The molecule has 1 saturated carbocycles. The summed E-state index contributed by atoms with van der Waals surface area (Å²) < 4.78 is 5.04. The molecular formula is C23H27NO3S2. The standard InChI is InChI=1S/C23H27NO3S2/c1-27-23(26)20-18-12-11-15-7-5-6-10-17(15)21(18)29-22(20)24-19(25)13-14-28-16-8-3-2-4-9-16/h5-7,10,16H,2-4,8-9,11-14H2,1H3,(H,24,25). The molecule has 0 unspecified atom stereocenters. The van der Waals surface area contributed by atoms with Gasteiger partial charge in [0, 0.05) is 22.3 Å². The molecule has 1 amide bonds. The molecule has 2 aliphatic carbocycles. The van der Waals surface area contributed by atoms with Gasteiger partial charge in [-0.3, -0.25) is 4.79 Å². The lowest BCUT2D eigenvalue weighted by atomic mass is 9.89. The highest BCUT2D eigenvalue weighted by molar-refractivity contribution is 7.99. The predicted molar refractivity (Wildman–Crippen MR) is 121 cm³/mol. The fraction of sp³-hybridized carbons (Fsp3) is 0.478. The minimum atomic E-state index is -0.367. The van der Waals surface area contributed by atoms with E-state index in [2.05, 4.69) is 17.4 Å². The normalized spacial score (nSPS) is 16.0. The molecule has 4 rings (SSSR count). The van der Waals surface area contributed by atoms with Gasteiger partial charge in [0.15, 0.2) is 0 Å². The number of carbonyl (C=O) groups excluding carboxylic acids is 2. The number of amides is 1. The van der Waals surface area contributed by atoms with Crippen LogP contribution in [0.25, 0.3) is 10.4 Å². The van der Waals surface area contributed by atoms with Crippen LogP contribution in [-0.2, 0) is 22.4 Å². The van der Waals surface area contributed by atoms with Gasteiger partial charge in [-0.25, -0.2) is 4.79 Å². The molecule has 1 heterocycles. The SMILES string of the molecule is COC(=O)c1c(NC(=O)CCSC2CCCCC2)sc2c1CCc1ccccc1-2. The van der Waals surface area contributed by atoms with Crippen molar-refractivity contribution in [2.24, 2.45) is 0 Å². The number of esters is 1. The lowest BCUT2D eigenvalue weighted by Crippen LogP contribution is -2.16. The highest BCUT2D eigenvalue weighted by Gasteiger charge is 2.29. The molecule has 0 radical (unpaired) electrons. The maximum Gasteiger partial charge on any atom is 0.341 e. The average molecular weight is 430 g/mol. The minimum absolute atomic E-state index is 0.0228. The fourth-order valence-corrected chi connectivity index (χ4v) is 6.90. The monoisotopic (exact) mass is 429 g/mol. The maximum absolute atomic E-state index is 12.6. The smallest absolute Gasteiger partial charge is 0.341 e. The van der Waals surface area contributed by atoms with Crippen LogP contribution >= 0.6 is 23.1 Å². The molecule has 1 aromatic carbocycles. The van der Waals surface area contributed by atoms with Crippen LogP contribution in [0.4, 0.5) is 5.00 Å². The van der Waals surface area contributed by atoms with Crippen molar-refractivity contribution in [3.8, 4) is 10.4 Å². The Morgan fingerprint density at radius 2 is 1.97 bits per heavy atom. The number of ether oxygens (including phenoxy) is 1. The quantitative estimate of drug-likeness (QED) is 0.599. The second-order valence-corrected chi connectivity index (χ2v) is 10.1. The molecule has 4 nitrogen and oxygen atoms in total. The highest BCUT2D eigenvalue weighted by atomic mass is 32.2. The molecule has 154 valence electrons. The van der Waals surface area contributed by atoms with Gasteiger partial charge in [0.25, 0.3) is 0 Å². The fourth-order valence-electron chi connectivity index (χ4n) is 4.29. The van der Waals surface area contributed by atoms with Crippen molar-refractivity contribution in [2.75, 3.05) is 18.2 Å². The van der Waals surface area contributed by atoms with Crippen molar-refractivity contribution in [1.29, 1.82) is 0 Å². The third-order valence-corrected chi connectivity index (χ3v) is 8.35. The van der Waals surface area contributed by atoms with Crippen molar-refractivity contribution >= 4 is 40.0 Å². The zero-order valence-corrected chi connectivity index (χ0v) is 18.4. The van der Waals surface area contributed by atoms with Gasteiger partial charge in [-0.2, -0.15) is 11.8 Å². The van der Waals surface area contributed by atoms with Crippen LogP contribution in [0.1, 0.15) is 60.0 Å². The Hall–Kier alpha value is -1.79. The molecule has 2 aromatic rings. The number of hydrogen-bond acceptors (Lipinski definition) is 5. The zero-order valence-electron chi connectivity index (χ0n) is 16.8. The summed E-state index contributed by atoms with van der Waals surface area (Å²) >= 11 is 3.42. The summed E-state index contributed by atoms with van der Waals surface area (Å²) in [5.41, 5.74) is 4.00. The highest BCUT2D eigenvalue weighted by Crippen LogP contribution is 2.45. The van der Waals surface area contributed by atoms with Gasteiger partial charge in [0.2, 0.25) is 5.91 Å². The lowest BCUT2D eigenvalue weighted by Gasteiger charge is -2.20. The number of nitrogens with one attached hydrogen (secondary N) is 1. The molecular weight excluding hydrogens is 402 g/mol. The second kappa shape index (κ2) is 9.35. The topological polar surface area (TPSA) is 55.4 Å². The molecule has 0 atom stereocenters. The lowest BCUT2D eigenvalue weighted by molar-refractivity contribution is -0.115.